The van der Waals surface area contributed by atoms with Gasteiger partial charge in [-0.05, 0) is 0 Å². The second kappa shape index (κ2) is 4.18. The SMILES string of the molecule is C1COC(C2COCCO2)CO1. The molecule has 2 aliphatic heterocycles. The molecule has 0 aliphatic carbocycles. The van der Waals surface area contributed by atoms with Crippen LogP contribution >= 0.6 is 0 Å². The minimum Gasteiger partial charge on any atom is -0.376 e. The highest BCUT2D eigenvalue weighted by Crippen LogP contribution is 2.12. The van der Waals surface area contributed by atoms with Crippen molar-refractivity contribution < 1.29 is 18.9 Å². The first-order chi connectivity index (χ1) is 5.97. The van der Waals surface area contributed by atoms with Crippen LogP contribution < -0.4 is 0 Å². The van der Waals surface area contributed by atoms with Gasteiger partial charge in [-0.3, -0.25) is 0 Å². The molecule has 0 spiro atoms. The zero-order chi connectivity index (χ0) is 8.23. The standard InChI is InChI=1S/C8H14O4/c1-3-11-7(5-9-1)8-6-10-2-4-12-8/h7-8H,1-6H2. The van der Waals surface area contributed by atoms with Gasteiger partial charge in [0.05, 0.1) is 39.6 Å². The van der Waals surface area contributed by atoms with E-state index in [0.717, 1.165) is 0 Å². The van der Waals surface area contributed by atoms with Crippen molar-refractivity contribution in [3.8, 4) is 0 Å². The molecule has 70 valence electrons. The molecule has 0 aromatic carbocycles. The molecule has 4 heteroatoms. The van der Waals surface area contributed by atoms with Crippen molar-refractivity contribution in [1.29, 1.82) is 0 Å². The Hall–Kier alpha value is -0.160. The van der Waals surface area contributed by atoms with E-state index in [4.69, 9.17) is 18.9 Å². The van der Waals surface area contributed by atoms with Crippen LogP contribution in [-0.2, 0) is 18.9 Å². The predicted octanol–water partition coefficient (Wildman–Crippen LogP) is -0.183. The maximum absolute atomic E-state index is 5.49. The fraction of sp³-hybridized carbons (Fsp3) is 1.00. The summed E-state index contributed by atoms with van der Waals surface area (Å²) in [7, 11) is 0. The lowest BCUT2D eigenvalue weighted by atomic mass is 10.2. The lowest BCUT2D eigenvalue weighted by Gasteiger charge is -2.32. The zero-order valence-corrected chi connectivity index (χ0v) is 7.03. The Morgan fingerprint density at radius 3 is 1.50 bits per heavy atom. The fourth-order valence-electron chi connectivity index (χ4n) is 1.44. The topological polar surface area (TPSA) is 36.9 Å². The highest BCUT2D eigenvalue weighted by atomic mass is 16.6. The third kappa shape index (κ3) is 1.95. The molecule has 0 bridgehead atoms. The molecule has 2 rings (SSSR count). The lowest BCUT2D eigenvalue weighted by molar-refractivity contribution is -0.186. The van der Waals surface area contributed by atoms with Gasteiger partial charge in [-0.1, -0.05) is 0 Å². The molecule has 4 nitrogen and oxygen atoms in total. The maximum Gasteiger partial charge on any atom is 0.109 e. The minimum atomic E-state index is 0.0686. The van der Waals surface area contributed by atoms with E-state index in [-0.39, 0.29) is 12.2 Å². The fourth-order valence-corrected chi connectivity index (χ4v) is 1.44. The smallest absolute Gasteiger partial charge is 0.109 e. The van der Waals surface area contributed by atoms with Crippen molar-refractivity contribution in [2.24, 2.45) is 0 Å². The van der Waals surface area contributed by atoms with Crippen LogP contribution in [0.2, 0.25) is 0 Å². The van der Waals surface area contributed by atoms with Crippen molar-refractivity contribution in [3.63, 3.8) is 0 Å². The predicted molar refractivity (Wildman–Crippen MR) is 41.1 cm³/mol. The number of hydrogen-bond donors (Lipinski definition) is 0. The Balaban J connectivity index is 1.80. The molecule has 0 aromatic rings. The van der Waals surface area contributed by atoms with Crippen LogP contribution in [0.4, 0.5) is 0 Å². The van der Waals surface area contributed by atoms with Crippen molar-refractivity contribution in [3.05, 3.63) is 0 Å². The number of rotatable bonds is 1. The van der Waals surface area contributed by atoms with Gasteiger partial charge >= 0.3 is 0 Å². The van der Waals surface area contributed by atoms with E-state index in [1.807, 2.05) is 0 Å². The summed E-state index contributed by atoms with van der Waals surface area (Å²) in [6.07, 6.45) is 0.137. The van der Waals surface area contributed by atoms with Crippen LogP contribution in [0.3, 0.4) is 0 Å². The molecule has 2 atom stereocenters. The van der Waals surface area contributed by atoms with Gasteiger partial charge in [0.2, 0.25) is 0 Å². The second-order valence-electron chi connectivity index (χ2n) is 2.97. The van der Waals surface area contributed by atoms with E-state index >= 15 is 0 Å². The second-order valence-corrected chi connectivity index (χ2v) is 2.97. The summed E-state index contributed by atoms with van der Waals surface area (Å²) in [6.45, 7) is 4.01. The van der Waals surface area contributed by atoms with Gasteiger partial charge in [0, 0.05) is 0 Å². The molecule has 0 radical (unpaired) electrons. The van der Waals surface area contributed by atoms with E-state index in [1.165, 1.54) is 0 Å². The molecule has 2 fully saturated rings. The average molecular weight is 174 g/mol. The highest BCUT2D eigenvalue weighted by molar-refractivity contribution is 4.74. The molecule has 0 N–H and O–H groups in total. The number of ether oxygens (including phenoxy) is 4. The molecule has 12 heavy (non-hydrogen) atoms. The van der Waals surface area contributed by atoms with E-state index in [1.54, 1.807) is 0 Å². The molecule has 0 aromatic heterocycles. The van der Waals surface area contributed by atoms with Crippen LogP contribution in [0.25, 0.3) is 0 Å². The molecule has 2 unspecified atom stereocenters. The normalized spacial score (nSPS) is 38.0. The van der Waals surface area contributed by atoms with E-state index in [0.29, 0.717) is 39.6 Å². The highest BCUT2D eigenvalue weighted by Gasteiger charge is 2.27. The van der Waals surface area contributed by atoms with Gasteiger partial charge in [-0.25, -0.2) is 0 Å². The molecular weight excluding hydrogens is 160 g/mol. The maximum atomic E-state index is 5.49. The largest absolute Gasteiger partial charge is 0.376 e. The molecule has 2 saturated heterocycles. The quantitative estimate of drug-likeness (QED) is 0.552. The van der Waals surface area contributed by atoms with Crippen LogP contribution in [-0.4, -0.2) is 51.8 Å². The molecule has 0 amide bonds. The Bertz CT molecular complexity index is 111. The van der Waals surface area contributed by atoms with Gasteiger partial charge in [-0.15, -0.1) is 0 Å². The van der Waals surface area contributed by atoms with E-state index in [9.17, 15) is 0 Å². The molecule has 2 aliphatic rings. The van der Waals surface area contributed by atoms with Gasteiger partial charge in [0.15, 0.2) is 0 Å². The van der Waals surface area contributed by atoms with Gasteiger partial charge in [0.1, 0.15) is 12.2 Å². The first kappa shape index (κ1) is 8.44. The van der Waals surface area contributed by atoms with Crippen LogP contribution in [0.5, 0.6) is 0 Å². The first-order valence-corrected chi connectivity index (χ1v) is 4.35. The zero-order valence-electron chi connectivity index (χ0n) is 7.03. The van der Waals surface area contributed by atoms with Gasteiger partial charge in [0.25, 0.3) is 0 Å². The van der Waals surface area contributed by atoms with Crippen molar-refractivity contribution in [2.45, 2.75) is 12.2 Å². The van der Waals surface area contributed by atoms with Crippen molar-refractivity contribution in [2.75, 3.05) is 39.6 Å². The average Bonchev–Trinajstić information content (AvgIpc) is 2.21. The summed E-state index contributed by atoms with van der Waals surface area (Å²) in [5.74, 6) is 0. The minimum absolute atomic E-state index is 0.0686. The van der Waals surface area contributed by atoms with Crippen LogP contribution in [0, 0.1) is 0 Å². The summed E-state index contributed by atoms with van der Waals surface area (Å²) in [5.41, 5.74) is 0. The summed E-state index contributed by atoms with van der Waals surface area (Å²) in [6, 6.07) is 0. The molecule has 0 saturated carbocycles. The summed E-state index contributed by atoms with van der Waals surface area (Å²) in [5, 5.41) is 0. The van der Waals surface area contributed by atoms with E-state index < -0.39 is 0 Å². The lowest BCUT2D eigenvalue weighted by Crippen LogP contribution is -2.45. The van der Waals surface area contributed by atoms with Crippen molar-refractivity contribution in [1.82, 2.24) is 0 Å². The van der Waals surface area contributed by atoms with Crippen molar-refractivity contribution >= 4 is 0 Å². The summed E-state index contributed by atoms with van der Waals surface area (Å²) < 4.78 is 21.5. The molecular formula is C8H14O4. The number of hydrogen-bond acceptors (Lipinski definition) is 4. The summed E-state index contributed by atoms with van der Waals surface area (Å²) >= 11 is 0. The third-order valence-corrected chi connectivity index (χ3v) is 2.10. The molecule has 2 heterocycles. The Labute approximate surface area is 71.7 Å². The van der Waals surface area contributed by atoms with Gasteiger partial charge < -0.3 is 18.9 Å². The first-order valence-electron chi connectivity index (χ1n) is 4.35. The van der Waals surface area contributed by atoms with Gasteiger partial charge in [-0.2, -0.15) is 0 Å². The third-order valence-electron chi connectivity index (χ3n) is 2.10. The Morgan fingerprint density at radius 1 is 0.667 bits per heavy atom. The monoisotopic (exact) mass is 174 g/mol. The van der Waals surface area contributed by atoms with Crippen LogP contribution in [0.15, 0.2) is 0 Å². The van der Waals surface area contributed by atoms with E-state index in [2.05, 4.69) is 0 Å². The Kier molecular flexibility index (Phi) is 2.94. The van der Waals surface area contributed by atoms with Crippen LogP contribution in [0.1, 0.15) is 0 Å². The summed E-state index contributed by atoms with van der Waals surface area (Å²) in [4.78, 5) is 0. The Morgan fingerprint density at radius 2 is 1.17 bits per heavy atom.